The van der Waals surface area contributed by atoms with E-state index < -0.39 is 0 Å². The number of rotatable bonds is 3. The molecule has 90 valence electrons. The van der Waals surface area contributed by atoms with Crippen LogP contribution in [0.5, 0.6) is 0 Å². The van der Waals surface area contributed by atoms with Crippen molar-refractivity contribution in [1.29, 1.82) is 0 Å². The van der Waals surface area contributed by atoms with E-state index in [-0.39, 0.29) is 6.04 Å². The highest BCUT2D eigenvalue weighted by molar-refractivity contribution is 5.86. The Kier molecular flexibility index (Phi) is 2.82. The van der Waals surface area contributed by atoms with Crippen LogP contribution in [0.1, 0.15) is 11.6 Å². The van der Waals surface area contributed by atoms with Crippen LogP contribution in [0.15, 0.2) is 61.2 Å². The van der Waals surface area contributed by atoms with Crippen molar-refractivity contribution in [1.82, 2.24) is 9.55 Å². The molecule has 2 N–H and O–H groups in total. The Morgan fingerprint density at radius 3 is 2.78 bits per heavy atom. The highest BCUT2D eigenvalue weighted by atomic mass is 15.0. The summed E-state index contributed by atoms with van der Waals surface area (Å²) in [6, 6.07) is 14.6. The molecule has 3 aromatic rings. The van der Waals surface area contributed by atoms with Gasteiger partial charge in [0.05, 0.1) is 6.33 Å². The summed E-state index contributed by atoms with van der Waals surface area (Å²) in [5, 5.41) is 2.46. The van der Waals surface area contributed by atoms with Crippen molar-refractivity contribution in [2.75, 3.05) is 0 Å². The molecule has 3 heteroatoms. The van der Waals surface area contributed by atoms with Crippen LogP contribution in [0.2, 0.25) is 0 Å². The number of imidazole rings is 1. The average molecular weight is 237 g/mol. The van der Waals surface area contributed by atoms with Gasteiger partial charge in [-0.15, -0.1) is 0 Å². The first kappa shape index (κ1) is 11.0. The van der Waals surface area contributed by atoms with Crippen LogP contribution < -0.4 is 5.73 Å². The van der Waals surface area contributed by atoms with E-state index in [2.05, 4.69) is 41.4 Å². The largest absolute Gasteiger partial charge is 0.336 e. The van der Waals surface area contributed by atoms with Gasteiger partial charge in [0.2, 0.25) is 0 Å². The smallest absolute Gasteiger partial charge is 0.0946 e. The van der Waals surface area contributed by atoms with E-state index in [9.17, 15) is 0 Å². The summed E-state index contributed by atoms with van der Waals surface area (Å²) in [5.41, 5.74) is 7.49. The summed E-state index contributed by atoms with van der Waals surface area (Å²) in [5.74, 6) is 0. The average Bonchev–Trinajstić information content (AvgIpc) is 2.91. The van der Waals surface area contributed by atoms with Gasteiger partial charge in [0.15, 0.2) is 0 Å². The molecule has 1 heterocycles. The lowest BCUT2D eigenvalue weighted by Crippen LogP contribution is -2.17. The monoisotopic (exact) mass is 237 g/mol. The predicted octanol–water partition coefficient (Wildman–Crippen LogP) is 2.74. The fraction of sp³-hybridized carbons (Fsp3) is 0.133. The van der Waals surface area contributed by atoms with Crippen LogP contribution in [0.25, 0.3) is 10.8 Å². The minimum atomic E-state index is -0.0229. The van der Waals surface area contributed by atoms with Crippen molar-refractivity contribution in [2.45, 2.75) is 12.6 Å². The third-order valence-corrected chi connectivity index (χ3v) is 3.19. The van der Waals surface area contributed by atoms with Crippen LogP contribution in [0, 0.1) is 0 Å². The maximum absolute atomic E-state index is 6.30. The molecule has 1 atom stereocenters. The van der Waals surface area contributed by atoms with E-state index in [1.807, 2.05) is 16.8 Å². The van der Waals surface area contributed by atoms with E-state index in [1.54, 1.807) is 12.5 Å². The molecule has 0 amide bonds. The number of fused-ring (bicyclic) bond motifs is 1. The summed E-state index contributed by atoms with van der Waals surface area (Å²) in [7, 11) is 0. The summed E-state index contributed by atoms with van der Waals surface area (Å²) in [6.45, 7) is 0.744. The van der Waals surface area contributed by atoms with Gasteiger partial charge in [-0.05, 0) is 16.3 Å². The molecule has 3 rings (SSSR count). The van der Waals surface area contributed by atoms with Crippen LogP contribution in [0.4, 0.5) is 0 Å². The number of hydrogen-bond donors (Lipinski definition) is 1. The Hall–Kier alpha value is -2.13. The predicted molar refractivity (Wildman–Crippen MR) is 73.1 cm³/mol. The fourth-order valence-electron chi connectivity index (χ4n) is 2.29. The molecule has 0 aliphatic carbocycles. The van der Waals surface area contributed by atoms with Crippen LogP contribution in [-0.4, -0.2) is 9.55 Å². The molecule has 0 spiro atoms. The minimum absolute atomic E-state index is 0.0229. The molecule has 0 radical (unpaired) electrons. The Labute approximate surface area is 106 Å². The van der Waals surface area contributed by atoms with Gasteiger partial charge in [-0.1, -0.05) is 42.5 Å². The molecule has 0 aliphatic heterocycles. The Morgan fingerprint density at radius 2 is 1.94 bits per heavy atom. The highest BCUT2D eigenvalue weighted by Gasteiger charge is 2.09. The first-order valence-corrected chi connectivity index (χ1v) is 6.03. The lowest BCUT2D eigenvalue weighted by molar-refractivity contribution is 0.579. The maximum Gasteiger partial charge on any atom is 0.0946 e. The van der Waals surface area contributed by atoms with Crippen LogP contribution in [-0.2, 0) is 6.54 Å². The van der Waals surface area contributed by atoms with Crippen molar-refractivity contribution in [3.05, 3.63) is 66.7 Å². The molecule has 2 aromatic carbocycles. The van der Waals surface area contributed by atoms with Crippen molar-refractivity contribution < 1.29 is 0 Å². The van der Waals surface area contributed by atoms with Gasteiger partial charge in [-0.25, -0.2) is 4.98 Å². The van der Waals surface area contributed by atoms with Crippen molar-refractivity contribution in [3.63, 3.8) is 0 Å². The van der Waals surface area contributed by atoms with Crippen LogP contribution in [0.3, 0.4) is 0 Å². The quantitative estimate of drug-likeness (QED) is 0.761. The number of aromatic nitrogens is 2. The minimum Gasteiger partial charge on any atom is -0.336 e. The summed E-state index contributed by atoms with van der Waals surface area (Å²) in [4.78, 5) is 4.04. The third kappa shape index (κ3) is 2.00. The molecule has 0 aliphatic rings. The molecular formula is C15H15N3. The second-order valence-corrected chi connectivity index (χ2v) is 4.43. The van der Waals surface area contributed by atoms with Gasteiger partial charge in [0.1, 0.15) is 0 Å². The fourth-order valence-corrected chi connectivity index (χ4v) is 2.29. The van der Waals surface area contributed by atoms with E-state index >= 15 is 0 Å². The van der Waals surface area contributed by atoms with Gasteiger partial charge in [-0.2, -0.15) is 0 Å². The summed E-state index contributed by atoms with van der Waals surface area (Å²) < 4.78 is 2.01. The SMILES string of the molecule is NC(Cn1ccnc1)c1cccc2ccccc12. The van der Waals surface area contributed by atoms with E-state index in [4.69, 9.17) is 5.73 Å². The van der Waals surface area contributed by atoms with Crippen LogP contribution >= 0.6 is 0 Å². The molecule has 0 bridgehead atoms. The van der Waals surface area contributed by atoms with E-state index in [1.165, 1.54) is 16.3 Å². The normalized spacial score (nSPS) is 12.7. The van der Waals surface area contributed by atoms with Gasteiger partial charge in [0, 0.05) is 25.0 Å². The molecule has 0 saturated carbocycles. The van der Waals surface area contributed by atoms with E-state index in [0.717, 1.165) is 6.54 Å². The van der Waals surface area contributed by atoms with Gasteiger partial charge < -0.3 is 10.3 Å². The second kappa shape index (κ2) is 4.63. The zero-order valence-corrected chi connectivity index (χ0v) is 10.0. The summed E-state index contributed by atoms with van der Waals surface area (Å²) in [6.07, 6.45) is 5.51. The number of nitrogens with zero attached hydrogens (tertiary/aromatic N) is 2. The van der Waals surface area contributed by atoms with Crippen molar-refractivity contribution >= 4 is 10.8 Å². The Morgan fingerprint density at radius 1 is 1.11 bits per heavy atom. The molecule has 3 nitrogen and oxygen atoms in total. The van der Waals surface area contributed by atoms with Gasteiger partial charge in [-0.3, -0.25) is 0 Å². The lowest BCUT2D eigenvalue weighted by Gasteiger charge is -2.15. The first-order valence-electron chi connectivity index (χ1n) is 6.03. The van der Waals surface area contributed by atoms with Crippen molar-refractivity contribution in [3.8, 4) is 0 Å². The Balaban J connectivity index is 1.98. The van der Waals surface area contributed by atoms with Crippen molar-refractivity contribution in [2.24, 2.45) is 5.73 Å². The molecule has 1 aromatic heterocycles. The summed E-state index contributed by atoms with van der Waals surface area (Å²) >= 11 is 0. The maximum atomic E-state index is 6.30. The topological polar surface area (TPSA) is 43.8 Å². The molecule has 0 saturated heterocycles. The lowest BCUT2D eigenvalue weighted by atomic mass is 9.99. The third-order valence-electron chi connectivity index (χ3n) is 3.19. The zero-order chi connectivity index (χ0) is 12.4. The molecule has 0 fully saturated rings. The van der Waals surface area contributed by atoms with Gasteiger partial charge in [0.25, 0.3) is 0 Å². The molecular weight excluding hydrogens is 222 g/mol. The first-order chi connectivity index (χ1) is 8.84. The number of nitrogens with two attached hydrogens (primary N) is 1. The van der Waals surface area contributed by atoms with Gasteiger partial charge >= 0.3 is 0 Å². The molecule has 18 heavy (non-hydrogen) atoms. The highest BCUT2D eigenvalue weighted by Crippen LogP contribution is 2.23. The Bertz CT molecular complexity index is 638. The van der Waals surface area contributed by atoms with E-state index in [0.29, 0.717) is 0 Å². The standard InChI is InChI=1S/C15H15N3/c16-15(10-18-9-8-17-11-18)14-7-3-5-12-4-1-2-6-13(12)14/h1-9,11,15H,10,16H2. The molecule has 1 unspecified atom stereocenters. The number of hydrogen-bond acceptors (Lipinski definition) is 2. The zero-order valence-electron chi connectivity index (χ0n) is 10.0. The number of benzene rings is 2. The second-order valence-electron chi connectivity index (χ2n) is 4.43.